The lowest BCUT2D eigenvalue weighted by Crippen LogP contribution is -2.14. The molecule has 0 heterocycles. The van der Waals surface area contributed by atoms with Crippen LogP contribution in [0.3, 0.4) is 0 Å². The Balaban J connectivity index is 2.84. The second-order valence-corrected chi connectivity index (χ2v) is 5.60. The van der Waals surface area contributed by atoms with E-state index in [1.165, 1.54) is 13.0 Å². The van der Waals surface area contributed by atoms with E-state index in [0.717, 1.165) is 6.07 Å². The Labute approximate surface area is 145 Å². The lowest BCUT2D eigenvalue weighted by Gasteiger charge is -2.13. The van der Waals surface area contributed by atoms with Gasteiger partial charge in [0.2, 0.25) is 0 Å². The van der Waals surface area contributed by atoms with E-state index in [4.69, 9.17) is 21.1 Å². The third-order valence-electron chi connectivity index (χ3n) is 2.62. The van der Waals surface area contributed by atoms with E-state index < -0.39 is 17.8 Å². The fourth-order valence-electron chi connectivity index (χ4n) is 1.75. The molecule has 0 bridgehead atoms. The zero-order valence-electron chi connectivity index (χ0n) is 14.0. The molecule has 1 rings (SSSR count). The number of ether oxygens (including phenoxy) is 2. The van der Waals surface area contributed by atoms with Crippen molar-refractivity contribution in [2.24, 2.45) is 4.99 Å². The van der Waals surface area contributed by atoms with Crippen molar-refractivity contribution < 1.29 is 23.5 Å². The van der Waals surface area contributed by atoms with Crippen molar-refractivity contribution >= 4 is 35.0 Å². The zero-order chi connectivity index (χ0) is 18.3. The molecule has 24 heavy (non-hydrogen) atoms. The van der Waals surface area contributed by atoms with Gasteiger partial charge in [0.15, 0.2) is 0 Å². The van der Waals surface area contributed by atoms with Crippen LogP contribution in [-0.4, -0.2) is 30.4 Å². The average Bonchev–Trinajstić information content (AvgIpc) is 2.43. The predicted octanol–water partition coefficient (Wildman–Crippen LogP) is 4.21. The van der Waals surface area contributed by atoms with Gasteiger partial charge in [-0.05, 0) is 33.8 Å². The van der Waals surface area contributed by atoms with Crippen molar-refractivity contribution in [2.45, 2.75) is 40.2 Å². The highest BCUT2D eigenvalue weighted by molar-refractivity contribution is 6.32. The number of benzene rings is 1. The molecule has 0 radical (unpaired) electrons. The molecule has 0 fully saturated rings. The number of carbonyl (C=O) groups excluding carboxylic acids is 2. The molecule has 0 saturated carbocycles. The van der Waals surface area contributed by atoms with Crippen LogP contribution < -0.4 is 10.1 Å². The molecule has 1 aromatic rings. The Morgan fingerprint density at radius 3 is 2.62 bits per heavy atom. The van der Waals surface area contributed by atoms with E-state index in [2.05, 4.69) is 10.3 Å². The summed E-state index contributed by atoms with van der Waals surface area (Å²) in [7, 11) is 0. The minimum Gasteiger partial charge on any atom is -0.489 e. The molecule has 6 nitrogen and oxygen atoms in total. The Bertz CT molecular complexity index is 647. The minimum atomic E-state index is -0.812. The third kappa shape index (κ3) is 6.54. The van der Waals surface area contributed by atoms with Gasteiger partial charge < -0.3 is 14.8 Å². The number of rotatable bonds is 6. The van der Waals surface area contributed by atoms with Crippen molar-refractivity contribution in [2.75, 3.05) is 11.9 Å². The fraction of sp³-hybridized carbons (Fsp3) is 0.438. The lowest BCUT2D eigenvalue weighted by molar-refractivity contribution is -0.141. The van der Waals surface area contributed by atoms with Crippen LogP contribution in [0.4, 0.5) is 14.9 Å². The summed E-state index contributed by atoms with van der Waals surface area (Å²) in [6, 6.07) is 1.52. The third-order valence-corrected chi connectivity index (χ3v) is 2.92. The maximum absolute atomic E-state index is 13.9. The first-order chi connectivity index (χ1) is 11.2. The lowest BCUT2D eigenvalue weighted by atomic mass is 10.2. The minimum absolute atomic E-state index is 0.0983. The molecular formula is C16H20ClFN2O4. The number of nitrogens with zero attached hydrogens (tertiary/aromatic N) is 1. The normalized spacial score (nSPS) is 11.4. The Morgan fingerprint density at radius 1 is 1.38 bits per heavy atom. The molecule has 0 aliphatic heterocycles. The smallest absolute Gasteiger partial charge is 0.345 e. The highest BCUT2D eigenvalue weighted by atomic mass is 35.5. The van der Waals surface area contributed by atoms with Gasteiger partial charge in [0.25, 0.3) is 0 Å². The average molecular weight is 359 g/mol. The first kappa shape index (κ1) is 19.9. The van der Waals surface area contributed by atoms with Crippen LogP contribution in [0.2, 0.25) is 5.02 Å². The van der Waals surface area contributed by atoms with Crippen molar-refractivity contribution in [3.63, 3.8) is 0 Å². The number of esters is 1. The summed E-state index contributed by atoms with van der Waals surface area (Å²) in [5.74, 6) is -0.963. The molecule has 0 unspecified atom stereocenters. The first-order valence-electron chi connectivity index (χ1n) is 7.39. The standard InChI is InChI=1S/C16H20ClFN2O4/c1-5-23-15(21)6-10(4)19-16(22)20-13-8-14(24-9(2)3)11(17)7-12(13)18/h7-9H,5-6H2,1-4H3,(H,20,22). The summed E-state index contributed by atoms with van der Waals surface area (Å²) in [5.41, 5.74) is 0.131. The van der Waals surface area contributed by atoms with Crippen LogP contribution >= 0.6 is 11.6 Å². The van der Waals surface area contributed by atoms with Crippen LogP contribution in [0.1, 0.15) is 34.1 Å². The maximum atomic E-state index is 13.9. The van der Waals surface area contributed by atoms with Crippen molar-refractivity contribution in [1.82, 2.24) is 0 Å². The molecule has 132 valence electrons. The summed E-state index contributed by atoms with van der Waals surface area (Å²) >= 11 is 5.90. The van der Waals surface area contributed by atoms with Crippen molar-refractivity contribution in [3.8, 4) is 5.75 Å². The van der Waals surface area contributed by atoms with Gasteiger partial charge in [-0.2, -0.15) is 0 Å². The molecule has 8 heteroatoms. The van der Waals surface area contributed by atoms with Crippen molar-refractivity contribution in [3.05, 3.63) is 23.0 Å². The molecule has 0 atom stereocenters. The zero-order valence-corrected chi connectivity index (χ0v) is 14.7. The van der Waals surface area contributed by atoms with E-state index in [9.17, 15) is 14.0 Å². The summed E-state index contributed by atoms with van der Waals surface area (Å²) < 4.78 is 24.1. The number of amides is 2. The molecule has 1 N–H and O–H groups in total. The summed E-state index contributed by atoms with van der Waals surface area (Å²) in [4.78, 5) is 26.8. The van der Waals surface area contributed by atoms with E-state index in [1.807, 2.05) is 0 Å². The maximum Gasteiger partial charge on any atom is 0.345 e. The highest BCUT2D eigenvalue weighted by Crippen LogP contribution is 2.31. The predicted molar refractivity (Wildman–Crippen MR) is 90.6 cm³/mol. The number of hydrogen-bond donors (Lipinski definition) is 1. The molecule has 0 aliphatic carbocycles. The number of aliphatic imine (C=N–C) groups is 1. The summed E-state index contributed by atoms with van der Waals surface area (Å²) in [5, 5.41) is 2.39. The fourth-order valence-corrected chi connectivity index (χ4v) is 1.94. The van der Waals surface area contributed by atoms with Gasteiger partial charge in [0, 0.05) is 11.8 Å². The molecule has 0 aliphatic rings. The van der Waals surface area contributed by atoms with E-state index in [0.29, 0.717) is 0 Å². The molecule has 1 aromatic carbocycles. The first-order valence-corrected chi connectivity index (χ1v) is 7.77. The largest absolute Gasteiger partial charge is 0.489 e. The van der Waals surface area contributed by atoms with Crippen LogP contribution in [0.25, 0.3) is 0 Å². The van der Waals surface area contributed by atoms with Gasteiger partial charge in [0.1, 0.15) is 11.6 Å². The molecule has 2 amide bonds. The molecule has 0 saturated heterocycles. The van der Waals surface area contributed by atoms with Gasteiger partial charge in [-0.15, -0.1) is 0 Å². The number of hydrogen-bond acceptors (Lipinski definition) is 4. The molecule has 0 aromatic heterocycles. The summed E-state index contributed by atoms with van der Waals surface area (Å²) in [6.07, 6.45) is -0.284. The van der Waals surface area contributed by atoms with E-state index >= 15 is 0 Å². The second-order valence-electron chi connectivity index (χ2n) is 5.19. The monoisotopic (exact) mass is 358 g/mol. The molecular weight excluding hydrogens is 339 g/mol. The van der Waals surface area contributed by atoms with Gasteiger partial charge in [-0.25, -0.2) is 14.2 Å². The Hall–Kier alpha value is -2.15. The quantitative estimate of drug-likeness (QED) is 0.610. The van der Waals surface area contributed by atoms with E-state index in [-0.39, 0.29) is 41.3 Å². The number of urea groups is 1. The van der Waals surface area contributed by atoms with E-state index in [1.54, 1.807) is 20.8 Å². The number of halogens is 2. The van der Waals surface area contributed by atoms with Crippen LogP contribution in [-0.2, 0) is 9.53 Å². The van der Waals surface area contributed by atoms with Crippen LogP contribution in [0.5, 0.6) is 5.75 Å². The number of carbonyl (C=O) groups is 2. The van der Waals surface area contributed by atoms with Gasteiger partial charge in [0.05, 0.1) is 29.8 Å². The second kappa shape index (κ2) is 9.22. The van der Waals surface area contributed by atoms with Crippen LogP contribution in [0, 0.1) is 5.82 Å². The van der Waals surface area contributed by atoms with Crippen LogP contribution in [0.15, 0.2) is 17.1 Å². The van der Waals surface area contributed by atoms with Gasteiger partial charge in [-0.1, -0.05) is 11.6 Å². The Kier molecular flexibility index (Phi) is 7.64. The Morgan fingerprint density at radius 2 is 2.04 bits per heavy atom. The SMILES string of the molecule is CCOC(=O)CC(C)=NC(=O)Nc1cc(OC(C)C)c(Cl)cc1F. The highest BCUT2D eigenvalue weighted by Gasteiger charge is 2.13. The van der Waals surface area contributed by atoms with Gasteiger partial charge >= 0.3 is 12.0 Å². The summed E-state index contributed by atoms with van der Waals surface area (Å²) in [6.45, 7) is 7.01. The van der Waals surface area contributed by atoms with Crippen molar-refractivity contribution in [1.29, 1.82) is 0 Å². The van der Waals surface area contributed by atoms with Gasteiger partial charge in [-0.3, -0.25) is 4.79 Å². The topological polar surface area (TPSA) is 77.0 Å². The molecule has 0 spiro atoms. The number of nitrogens with one attached hydrogen (secondary N) is 1. The number of anilines is 1.